The highest BCUT2D eigenvalue weighted by Gasteiger charge is 2.38. The van der Waals surface area contributed by atoms with E-state index in [4.69, 9.17) is 9.47 Å². The molecule has 5 nitrogen and oxygen atoms in total. The number of nitrogens with one attached hydrogen (secondary N) is 2. The fourth-order valence-corrected chi connectivity index (χ4v) is 3.84. The van der Waals surface area contributed by atoms with Crippen LogP contribution in [-0.4, -0.2) is 43.5 Å². The van der Waals surface area contributed by atoms with Crippen LogP contribution < -0.4 is 10.6 Å². The summed E-state index contributed by atoms with van der Waals surface area (Å²) in [5, 5.41) is 6.87. The van der Waals surface area contributed by atoms with Crippen molar-refractivity contribution in [1.29, 1.82) is 0 Å². The molecule has 2 N–H and O–H groups in total. The van der Waals surface area contributed by atoms with E-state index in [9.17, 15) is 4.79 Å². The van der Waals surface area contributed by atoms with Gasteiger partial charge in [-0.15, -0.1) is 0 Å². The molecule has 0 spiro atoms. The average molecular weight is 341 g/mol. The van der Waals surface area contributed by atoms with Crippen LogP contribution in [-0.2, 0) is 9.47 Å². The molecule has 2 aliphatic rings. The number of hydrogen-bond donors (Lipinski definition) is 2. The number of alkyl carbamates (subject to hydrolysis) is 1. The molecular formula is C19H36N2O3. The molecule has 5 heteroatoms. The molecule has 24 heavy (non-hydrogen) atoms. The Morgan fingerprint density at radius 3 is 2.54 bits per heavy atom. The highest BCUT2D eigenvalue weighted by Crippen LogP contribution is 2.34. The third-order valence-electron chi connectivity index (χ3n) is 5.48. The van der Waals surface area contributed by atoms with Gasteiger partial charge in [0.15, 0.2) is 0 Å². The first kappa shape index (κ1) is 19.5. The topological polar surface area (TPSA) is 59.6 Å². The molecule has 1 saturated carbocycles. The first-order valence-electron chi connectivity index (χ1n) is 9.60. The van der Waals surface area contributed by atoms with Crippen LogP contribution in [0.4, 0.5) is 4.79 Å². The Labute approximate surface area is 147 Å². The molecule has 0 aromatic heterocycles. The van der Waals surface area contributed by atoms with Crippen molar-refractivity contribution in [3.8, 4) is 0 Å². The molecule has 0 radical (unpaired) electrons. The molecular weight excluding hydrogens is 304 g/mol. The summed E-state index contributed by atoms with van der Waals surface area (Å²) in [6, 6.07) is 0. The monoisotopic (exact) mass is 340 g/mol. The van der Waals surface area contributed by atoms with Crippen molar-refractivity contribution < 1.29 is 14.3 Å². The van der Waals surface area contributed by atoms with E-state index in [1.54, 1.807) is 0 Å². The Hall–Kier alpha value is -0.810. The van der Waals surface area contributed by atoms with Gasteiger partial charge in [0.25, 0.3) is 0 Å². The van der Waals surface area contributed by atoms with E-state index in [-0.39, 0.29) is 11.6 Å². The van der Waals surface area contributed by atoms with Crippen LogP contribution in [0.1, 0.15) is 66.2 Å². The van der Waals surface area contributed by atoms with Crippen LogP contribution in [0.2, 0.25) is 0 Å². The maximum Gasteiger partial charge on any atom is 0.407 e. The van der Waals surface area contributed by atoms with Gasteiger partial charge in [-0.25, -0.2) is 4.79 Å². The Morgan fingerprint density at radius 1 is 1.21 bits per heavy atom. The number of amides is 1. The molecule has 1 heterocycles. The number of carbonyl (C=O) groups excluding carboxylic acids is 1. The fourth-order valence-electron chi connectivity index (χ4n) is 3.84. The van der Waals surface area contributed by atoms with E-state index >= 15 is 0 Å². The minimum Gasteiger partial charge on any atom is -0.444 e. The van der Waals surface area contributed by atoms with E-state index < -0.39 is 5.60 Å². The summed E-state index contributed by atoms with van der Waals surface area (Å²) >= 11 is 0. The molecule has 1 aliphatic heterocycles. The zero-order chi connectivity index (χ0) is 17.6. The first-order valence-corrected chi connectivity index (χ1v) is 9.60. The van der Waals surface area contributed by atoms with Crippen molar-refractivity contribution in [2.75, 3.05) is 26.3 Å². The van der Waals surface area contributed by atoms with Crippen LogP contribution in [0.5, 0.6) is 0 Å². The smallest absolute Gasteiger partial charge is 0.407 e. The van der Waals surface area contributed by atoms with Gasteiger partial charge < -0.3 is 20.1 Å². The van der Waals surface area contributed by atoms with E-state index in [1.165, 1.54) is 19.3 Å². The predicted octanol–water partition coefficient (Wildman–Crippen LogP) is 3.48. The molecule has 0 bridgehead atoms. The van der Waals surface area contributed by atoms with E-state index in [0.717, 1.165) is 39.0 Å². The SMILES string of the molecule is C[C@@H]1CCCC[C@@]1(CNC(=O)OC(C)(C)C)NCC1CCOCC1. The quantitative estimate of drug-likeness (QED) is 0.804. The van der Waals surface area contributed by atoms with Gasteiger partial charge in [-0.1, -0.05) is 19.8 Å². The molecule has 2 fully saturated rings. The second-order valence-electron chi connectivity index (χ2n) is 8.60. The third-order valence-corrected chi connectivity index (χ3v) is 5.48. The van der Waals surface area contributed by atoms with E-state index in [2.05, 4.69) is 17.6 Å². The molecule has 2 rings (SSSR count). The Morgan fingerprint density at radius 2 is 1.92 bits per heavy atom. The molecule has 0 unspecified atom stereocenters. The first-order chi connectivity index (χ1) is 11.3. The van der Waals surface area contributed by atoms with Crippen LogP contribution >= 0.6 is 0 Å². The van der Waals surface area contributed by atoms with Crippen molar-refractivity contribution in [3.63, 3.8) is 0 Å². The van der Waals surface area contributed by atoms with Crippen LogP contribution in [0.15, 0.2) is 0 Å². The lowest BCUT2D eigenvalue weighted by atomic mass is 9.73. The lowest BCUT2D eigenvalue weighted by Crippen LogP contribution is -2.60. The van der Waals surface area contributed by atoms with Gasteiger partial charge in [0.05, 0.1) is 0 Å². The van der Waals surface area contributed by atoms with Crippen molar-refractivity contribution >= 4 is 6.09 Å². The molecule has 0 aromatic carbocycles. The molecule has 1 amide bonds. The van der Waals surface area contributed by atoms with Gasteiger partial charge in [0.1, 0.15) is 5.60 Å². The predicted molar refractivity (Wildman–Crippen MR) is 96.1 cm³/mol. The second kappa shape index (κ2) is 8.52. The third kappa shape index (κ3) is 5.92. The van der Waals surface area contributed by atoms with Crippen molar-refractivity contribution in [3.05, 3.63) is 0 Å². The van der Waals surface area contributed by atoms with Gasteiger partial charge in [-0.05, 0) is 64.8 Å². The Kier molecular flexibility index (Phi) is 6.93. The summed E-state index contributed by atoms with van der Waals surface area (Å²) in [5.41, 5.74) is -0.460. The van der Waals surface area contributed by atoms with Crippen LogP contribution in [0.3, 0.4) is 0 Å². The van der Waals surface area contributed by atoms with Gasteiger partial charge in [0.2, 0.25) is 0 Å². The maximum atomic E-state index is 12.1. The Balaban J connectivity index is 1.91. The number of rotatable bonds is 5. The number of hydrogen-bond acceptors (Lipinski definition) is 4. The lowest BCUT2D eigenvalue weighted by molar-refractivity contribution is 0.0449. The van der Waals surface area contributed by atoms with Crippen molar-refractivity contribution in [2.24, 2.45) is 11.8 Å². The van der Waals surface area contributed by atoms with E-state index in [1.807, 2.05) is 20.8 Å². The molecule has 2 atom stereocenters. The zero-order valence-electron chi connectivity index (χ0n) is 16.0. The zero-order valence-corrected chi connectivity index (χ0v) is 16.0. The van der Waals surface area contributed by atoms with Gasteiger partial charge >= 0.3 is 6.09 Å². The summed E-state index contributed by atoms with van der Waals surface area (Å²) in [4.78, 5) is 12.1. The number of ether oxygens (including phenoxy) is 2. The normalized spacial score (nSPS) is 29.2. The van der Waals surface area contributed by atoms with Gasteiger partial charge in [-0.2, -0.15) is 0 Å². The summed E-state index contributed by atoms with van der Waals surface area (Å²) in [7, 11) is 0. The molecule has 1 aliphatic carbocycles. The van der Waals surface area contributed by atoms with E-state index in [0.29, 0.717) is 18.4 Å². The number of carbonyl (C=O) groups is 1. The largest absolute Gasteiger partial charge is 0.444 e. The van der Waals surface area contributed by atoms with Crippen LogP contribution in [0, 0.1) is 11.8 Å². The average Bonchev–Trinajstić information content (AvgIpc) is 2.53. The summed E-state index contributed by atoms with van der Waals surface area (Å²) < 4.78 is 10.9. The van der Waals surface area contributed by atoms with Crippen molar-refractivity contribution in [1.82, 2.24) is 10.6 Å². The lowest BCUT2D eigenvalue weighted by Gasteiger charge is -2.45. The highest BCUT2D eigenvalue weighted by atomic mass is 16.6. The summed E-state index contributed by atoms with van der Waals surface area (Å²) in [6.07, 6.45) is 6.81. The Bertz CT molecular complexity index is 402. The second-order valence-corrected chi connectivity index (χ2v) is 8.60. The minimum absolute atomic E-state index is 0.00649. The summed E-state index contributed by atoms with van der Waals surface area (Å²) in [6.45, 7) is 11.4. The maximum absolute atomic E-state index is 12.1. The molecule has 0 aromatic rings. The highest BCUT2D eigenvalue weighted by molar-refractivity contribution is 5.67. The van der Waals surface area contributed by atoms with Crippen molar-refractivity contribution in [2.45, 2.75) is 77.4 Å². The fraction of sp³-hybridized carbons (Fsp3) is 0.947. The molecule has 140 valence electrons. The minimum atomic E-state index is -0.453. The van der Waals surface area contributed by atoms with Gasteiger partial charge in [-0.3, -0.25) is 0 Å². The van der Waals surface area contributed by atoms with Crippen LogP contribution in [0.25, 0.3) is 0 Å². The molecule has 1 saturated heterocycles. The standard InChI is InChI=1S/C19H36N2O3/c1-15-7-5-6-10-19(15,14-20-17(22)24-18(2,3)4)21-13-16-8-11-23-12-9-16/h15-16,21H,5-14H2,1-4H3,(H,20,22)/t15-,19+/m1/s1. The van der Waals surface area contributed by atoms with Gasteiger partial charge in [0, 0.05) is 25.3 Å². The summed E-state index contributed by atoms with van der Waals surface area (Å²) in [5.74, 6) is 1.24.